The summed E-state index contributed by atoms with van der Waals surface area (Å²) in [4.78, 5) is 31.1. The molecule has 0 aliphatic rings. The van der Waals surface area contributed by atoms with Gasteiger partial charge in [0, 0.05) is 5.56 Å². The van der Waals surface area contributed by atoms with Gasteiger partial charge in [-0.05, 0) is 36.4 Å². The molecule has 0 aliphatic carbocycles. The van der Waals surface area contributed by atoms with Crippen LogP contribution >= 0.6 is 0 Å². The standard InChI is InChI=1S/C16H12N2O3/c1-21-11-8-6-10(7-9-11)14(19)15-17-13-5-3-2-4-12(13)16(20)18-15/h2-9H,1H3,(H,17,18,20). The molecule has 21 heavy (non-hydrogen) atoms. The van der Waals surface area contributed by atoms with Gasteiger partial charge in [-0.15, -0.1) is 0 Å². The fourth-order valence-corrected chi connectivity index (χ4v) is 2.07. The minimum atomic E-state index is -0.333. The summed E-state index contributed by atoms with van der Waals surface area (Å²) in [5.41, 5.74) is 0.616. The zero-order valence-electron chi connectivity index (χ0n) is 11.3. The first kappa shape index (κ1) is 13.1. The molecular weight excluding hydrogens is 268 g/mol. The lowest BCUT2D eigenvalue weighted by Crippen LogP contribution is -2.16. The van der Waals surface area contributed by atoms with Crippen LogP contribution in [0, 0.1) is 0 Å². The van der Waals surface area contributed by atoms with Gasteiger partial charge in [-0.2, -0.15) is 0 Å². The molecule has 5 nitrogen and oxygen atoms in total. The number of H-pyrrole nitrogens is 1. The molecule has 0 atom stereocenters. The number of benzene rings is 2. The van der Waals surface area contributed by atoms with Gasteiger partial charge in [-0.3, -0.25) is 9.59 Å². The van der Waals surface area contributed by atoms with E-state index in [1.54, 1.807) is 55.6 Å². The molecule has 5 heteroatoms. The van der Waals surface area contributed by atoms with Crippen molar-refractivity contribution in [1.29, 1.82) is 0 Å². The Kier molecular flexibility index (Phi) is 3.23. The lowest BCUT2D eigenvalue weighted by molar-refractivity contribution is 0.102. The molecule has 0 bridgehead atoms. The van der Waals surface area contributed by atoms with E-state index >= 15 is 0 Å². The SMILES string of the molecule is COc1ccc(C(=O)c2nc3ccccc3c(=O)[nH]2)cc1. The van der Waals surface area contributed by atoms with Crippen molar-refractivity contribution in [2.45, 2.75) is 0 Å². The number of aromatic nitrogens is 2. The molecule has 0 radical (unpaired) electrons. The van der Waals surface area contributed by atoms with Crippen LogP contribution < -0.4 is 10.3 Å². The van der Waals surface area contributed by atoms with Crippen LogP contribution in [0.1, 0.15) is 16.2 Å². The highest BCUT2D eigenvalue weighted by Gasteiger charge is 2.13. The van der Waals surface area contributed by atoms with Crippen LogP contribution in [0.3, 0.4) is 0 Å². The lowest BCUT2D eigenvalue weighted by Gasteiger charge is -2.04. The third-order valence-corrected chi connectivity index (χ3v) is 3.18. The number of ketones is 1. The predicted molar refractivity (Wildman–Crippen MR) is 78.8 cm³/mol. The molecule has 104 valence electrons. The van der Waals surface area contributed by atoms with Gasteiger partial charge in [0.05, 0.1) is 18.0 Å². The summed E-state index contributed by atoms with van der Waals surface area (Å²) in [6, 6.07) is 13.5. The van der Waals surface area contributed by atoms with Gasteiger partial charge in [0.1, 0.15) is 5.75 Å². The maximum absolute atomic E-state index is 12.4. The Morgan fingerprint density at radius 2 is 1.81 bits per heavy atom. The number of fused-ring (bicyclic) bond motifs is 1. The number of hydrogen-bond donors (Lipinski definition) is 1. The summed E-state index contributed by atoms with van der Waals surface area (Å²) in [5.74, 6) is 0.357. The summed E-state index contributed by atoms with van der Waals surface area (Å²) in [7, 11) is 1.55. The summed E-state index contributed by atoms with van der Waals surface area (Å²) in [5, 5.41) is 0.462. The average molecular weight is 280 g/mol. The van der Waals surface area contributed by atoms with Gasteiger partial charge in [0.25, 0.3) is 5.56 Å². The smallest absolute Gasteiger partial charge is 0.259 e. The summed E-state index contributed by atoms with van der Waals surface area (Å²) >= 11 is 0. The van der Waals surface area contributed by atoms with Crippen molar-refractivity contribution in [3.8, 4) is 5.75 Å². The van der Waals surface area contributed by atoms with Gasteiger partial charge in [0.15, 0.2) is 5.82 Å². The van der Waals surface area contributed by atoms with Crippen LogP contribution in [0.4, 0.5) is 0 Å². The minimum absolute atomic E-state index is 0.0314. The predicted octanol–water partition coefficient (Wildman–Crippen LogP) is 2.16. The Morgan fingerprint density at radius 1 is 1.10 bits per heavy atom. The molecule has 0 spiro atoms. The number of ether oxygens (including phenoxy) is 1. The lowest BCUT2D eigenvalue weighted by atomic mass is 10.1. The van der Waals surface area contributed by atoms with Crippen molar-refractivity contribution >= 4 is 16.7 Å². The number of hydrogen-bond acceptors (Lipinski definition) is 4. The van der Waals surface area contributed by atoms with E-state index in [9.17, 15) is 9.59 Å². The van der Waals surface area contributed by atoms with Gasteiger partial charge >= 0.3 is 0 Å². The van der Waals surface area contributed by atoms with Crippen molar-refractivity contribution in [1.82, 2.24) is 9.97 Å². The van der Waals surface area contributed by atoms with E-state index in [2.05, 4.69) is 9.97 Å². The quantitative estimate of drug-likeness (QED) is 0.746. The van der Waals surface area contributed by atoms with Crippen LogP contribution in [-0.4, -0.2) is 22.9 Å². The third-order valence-electron chi connectivity index (χ3n) is 3.18. The largest absolute Gasteiger partial charge is 0.497 e. The molecule has 2 aromatic carbocycles. The van der Waals surface area contributed by atoms with Crippen molar-refractivity contribution in [2.75, 3.05) is 7.11 Å². The maximum atomic E-state index is 12.4. The molecule has 0 saturated carbocycles. The highest BCUT2D eigenvalue weighted by Crippen LogP contribution is 2.14. The topological polar surface area (TPSA) is 72.0 Å². The zero-order chi connectivity index (χ0) is 14.8. The number of nitrogens with one attached hydrogen (secondary N) is 1. The average Bonchev–Trinajstić information content (AvgIpc) is 2.54. The van der Waals surface area contributed by atoms with Gasteiger partial charge in [-0.1, -0.05) is 12.1 Å². The second kappa shape index (κ2) is 5.20. The van der Waals surface area contributed by atoms with E-state index < -0.39 is 0 Å². The van der Waals surface area contributed by atoms with Crippen LogP contribution in [-0.2, 0) is 0 Å². The zero-order valence-corrected chi connectivity index (χ0v) is 11.3. The maximum Gasteiger partial charge on any atom is 0.259 e. The monoisotopic (exact) mass is 280 g/mol. The van der Waals surface area contributed by atoms with E-state index in [-0.39, 0.29) is 17.2 Å². The molecule has 0 amide bonds. The minimum Gasteiger partial charge on any atom is -0.497 e. The van der Waals surface area contributed by atoms with E-state index in [4.69, 9.17) is 4.74 Å². The third kappa shape index (κ3) is 2.41. The second-order valence-electron chi connectivity index (χ2n) is 4.49. The first-order valence-corrected chi connectivity index (χ1v) is 6.37. The molecule has 1 aromatic heterocycles. The number of methoxy groups -OCH3 is 1. The molecule has 0 fully saturated rings. The van der Waals surface area contributed by atoms with Crippen molar-refractivity contribution in [2.24, 2.45) is 0 Å². The first-order chi connectivity index (χ1) is 10.2. The number of carbonyl (C=O) groups is 1. The fourth-order valence-electron chi connectivity index (χ4n) is 2.07. The molecule has 1 heterocycles. The normalized spacial score (nSPS) is 10.5. The summed E-state index contributed by atoms with van der Waals surface area (Å²) < 4.78 is 5.05. The van der Waals surface area contributed by atoms with Crippen molar-refractivity contribution < 1.29 is 9.53 Å². The number of nitrogens with zero attached hydrogens (tertiary/aromatic N) is 1. The highest BCUT2D eigenvalue weighted by atomic mass is 16.5. The van der Waals surface area contributed by atoms with Crippen LogP contribution in [0.5, 0.6) is 5.75 Å². The van der Waals surface area contributed by atoms with Gasteiger partial charge in [0.2, 0.25) is 5.78 Å². The van der Waals surface area contributed by atoms with E-state index in [1.807, 2.05) is 0 Å². The fraction of sp³-hybridized carbons (Fsp3) is 0.0625. The Hall–Kier alpha value is -2.95. The number of rotatable bonds is 3. The molecule has 1 N–H and O–H groups in total. The molecule has 0 aliphatic heterocycles. The van der Waals surface area contributed by atoms with Gasteiger partial charge in [-0.25, -0.2) is 4.98 Å². The Labute approximate surface area is 120 Å². The Morgan fingerprint density at radius 3 is 2.52 bits per heavy atom. The number of para-hydroxylation sites is 1. The first-order valence-electron chi connectivity index (χ1n) is 6.37. The van der Waals surface area contributed by atoms with E-state index in [0.29, 0.717) is 22.2 Å². The van der Waals surface area contributed by atoms with Crippen molar-refractivity contribution in [3.05, 3.63) is 70.3 Å². The van der Waals surface area contributed by atoms with E-state index in [0.717, 1.165) is 0 Å². The highest BCUT2D eigenvalue weighted by molar-refractivity contribution is 6.07. The summed E-state index contributed by atoms with van der Waals surface area (Å²) in [6.45, 7) is 0. The number of carbonyl (C=O) groups excluding carboxylic acids is 1. The molecule has 3 rings (SSSR count). The Bertz CT molecular complexity index is 867. The van der Waals surface area contributed by atoms with Crippen LogP contribution in [0.15, 0.2) is 53.3 Å². The van der Waals surface area contributed by atoms with Crippen LogP contribution in [0.25, 0.3) is 10.9 Å². The number of aromatic amines is 1. The second-order valence-corrected chi connectivity index (χ2v) is 4.49. The van der Waals surface area contributed by atoms with Crippen molar-refractivity contribution in [3.63, 3.8) is 0 Å². The summed E-state index contributed by atoms with van der Waals surface area (Å²) in [6.07, 6.45) is 0. The molecule has 0 saturated heterocycles. The van der Waals surface area contributed by atoms with Gasteiger partial charge < -0.3 is 9.72 Å². The molecule has 3 aromatic rings. The van der Waals surface area contributed by atoms with E-state index in [1.165, 1.54) is 0 Å². The molecule has 0 unspecified atom stereocenters. The van der Waals surface area contributed by atoms with Crippen LogP contribution in [0.2, 0.25) is 0 Å². The molecular formula is C16H12N2O3. The Balaban J connectivity index is 2.06.